The lowest BCUT2D eigenvalue weighted by Crippen LogP contribution is -2.13. The molecule has 13 rings (SSSR count). The van der Waals surface area contributed by atoms with Crippen molar-refractivity contribution in [2.24, 2.45) is 0 Å². The van der Waals surface area contributed by atoms with Crippen molar-refractivity contribution in [1.29, 1.82) is 0 Å². The van der Waals surface area contributed by atoms with Crippen LogP contribution in [-0.2, 0) is 0 Å². The molecule has 0 saturated heterocycles. The summed E-state index contributed by atoms with van der Waals surface area (Å²) in [6.07, 6.45) is 0. The van der Waals surface area contributed by atoms with E-state index in [1.807, 2.05) is 12.1 Å². The molecule has 0 N–H and O–H groups in total. The fourth-order valence-electron chi connectivity index (χ4n) is 10.3. The normalized spacial score (nSPS) is 12.0. The summed E-state index contributed by atoms with van der Waals surface area (Å²) in [5.74, 6) is 0. The number of hydrogen-bond acceptors (Lipinski definition) is 5. The molecule has 13 aromatic rings. The molecule has 0 spiro atoms. The molecule has 0 atom stereocenters. The summed E-state index contributed by atoms with van der Waals surface area (Å²) in [5.41, 5.74) is 15.9. The zero-order valence-corrected chi connectivity index (χ0v) is 36.4. The maximum Gasteiger partial charge on any atom is 0.159 e. The predicted molar refractivity (Wildman–Crippen MR) is 272 cm³/mol. The number of furan rings is 3. The number of fused-ring (bicyclic) bond motifs is 13. The molecule has 10 aromatic carbocycles. The maximum atomic E-state index is 7.20. The van der Waals surface area contributed by atoms with Crippen molar-refractivity contribution in [3.63, 3.8) is 0 Å². The molecule has 0 fully saturated rings. The Hall–Kier alpha value is -8.28. The first-order chi connectivity index (χ1) is 31.9. The van der Waals surface area contributed by atoms with Gasteiger partial charge in [0.2, 0.25) is 0 Å². The van der Waals surface area contributed by atoms with Gasteiger partial charge in [0.15, 0.2) is 11.2 Å². The zero-order chi connectivity index (χ0) is 43.5. The maximum absolute atomic E-state index is 7.20. The third-order valence-corrected chi connectivity index (χ3v) is 13.4. The van der Waals surface area contributed by atoms with Gasteiger partial charge >= 0.3 is 0 Å². The van der Waals surface area contributed by atoms with Crippen LogP contribution in [0.4, 0.5) is 34.1 Å². The van der Waals surface area contributed by atoms with Gasteiger partial charge in [0, 0.05) is 65.2 Å². The standard InChI is InChI=1S/C60H42N2O3/c1-35-27-29-37(3)51(31-35)61(49-23-13-21-45-41-17-9-11-25-55(41)63-59(45)49)53-33-47-48-34-54(40-16-6-8-20-44(40)58(48)65-57(47)43-19-7-5-15-39(43)53)62(52-32-36(2)28-30-38(52)4)50-24-14-22-46-42-18-10-12-26-56(42)64-60(46)50/h5-34H,1-4H3. The number of benzene rings is 10. The Morgan fingerprint density at radius 1 is 0.262 bits per heavy atom. The molecule has 0 aliphatic carbocycles. The summed E-state index contributed by atoms with van der Waals surface area (Å²) in [6.45, 7) is 8.70. The van der Waals surface area contributed by atoms with Crippen LogP contribution in [0.5, 0.6) is 0 Å². The van der Waals surface area contributed by atoms with Crippen molar-refractivity contribution in [3.8, 4) is 0 Å². The van der Waals surface area contributed by atoms with Crippen LogP contribution >= 0.6 is 0 Å². The Bertz CT molecular complexity index is 3830. The summed E-state index contributed by atoms with van der Waals surface area (Å²) in [5, 5.41) is 10.6. The van der Waals surface area contributed by atoms with E-state index in [0.29, 0.717) is 0 Å². The molecular weight excluding hydrogens is 797 g/mol. The molecule has 310 valence electrons. The second-order valence-corrected chi connectivity index (χ2v) is 17.5. The lowest BCUT2D eigenvalue weighted by molar-refractivity contribution is 0.668. The van der Waals surface area contributed by atoms with Gasteiger partial charge in [0.1, 0.15) is 22.3 Å². The van der Waals surface area contributed by atoms with Crippen molar-refractivity contribution >= 4 is 121 Å². The van der Waals surface area contributed by atoms with Gasteiger partial charge in [-0.15, -0.1) is 0 Å². The molecule has 3 aromatic heterocycles. The monoisotopic (exact) mass is 838 g/mol. The molecular formula is C60H42N2O3. The highest BCUT2D eigenvalue weighted by Gasteiger charge is 2.28. The van der Waals surface area contributed by atoms with E-state index in [2.05, 4.69) is 207 Å². The Balaban J connectivity index is 1.15. The Kier molecular flexibility index (Phi) is 8.10. The summed E-state index contributed by atoms with van der Waals surface area (Å²) in [7, 11) is 0. The number of para-hydroxylation sites is 4. The van der Waals surface area contributed by atoms with Crippen LogP contribution in [0, 0.1) is 27.7 Å². The van der Waals surface area contributed by atoms with Gasteiger partial charge < -0.3 is 23.1 Å². The minimum Gasteiger partial charge on any atom is -0.455 e. The number of rotatable bonds is 6. The first-order valence-electron chi connectivity index (χ1n) is 22.2. The molecule has 0 unspecified atom stereocenters. The Morgan fingerprint density at radius 2 is 0.631 bits per heavy atom. The lowest BCUT2D eigenvalue weighted by atomic mass is 9.98. The van der Waals surface area contributed by atoms with Crippen LogP contribution in [0.3, 0.4) is 0 Å². The van der Waals surface area contributed by atoms with E-state index in [1.54, 1.807) is 0 Å². The van der Waals surface area contributed by atoms with Crippen LogP contribution in [0.25, 0.3) is 87.4 Å². The summed E-state index contributed by atoms with van der Waals surface area (Å²) >= 11 is 0. The van der Waals surface area contributed by atoms with Crippen molar-refractivity contribution < 1.29 is 13.3 Å². The summed E-state index contributed by atoms with van der Waals surface area (Å²) in [4.78, 5) is 4.81. The van der Waals surface area contributed by atoms with Gasteiger partial charge in [-0.25, -0.2) is 0 Å². The SMILES string of the molecule is Cc1ccc(C)c(N(c2cc3c4cc(N(c5cc(C)ccc5C)c5cccc6c5oc5ccccc56)c5ccccc5c4oc3c3ccccc23)c2cccc3c2oc2ccccc23)c1. The topological polar surface area (TPSA) is 45.9 Å². The highest BCUT2D eigenvalue weighted by atomic mass is 16.3. The van der Waals surface area contributed by atoms with Gasteiger partial charge in [-0.05, 0) is 98.5 Å². The van der Waals surface area contributed by atoms with E-state index < -0.39 is 0 Å². The number of aryl methyl sites for hydroxylation is 4. The van der Waals surface area contributed by atoms with E-state index >= 15 is 0 Å². The molecule has 0 saturated carbocycles. The molecule has 3 heterocycles. The molecule has 0 aliphatic rings. The van der Waals surface area contributed by atoms with Crippen molar-refractivity contribution in [1.82, 2.24) is 0 Å². The summed E-state index contributed by atoms with van der Waals surface area (Å²) in [6, 6.07) is 65.0. The quantitative estimate of drug-likeness (QED) is 0.167. The van der Waals surface area contributed by atoms with Crippen LogP contribution in [0.1, 0.15) is 22.3 Å². The largest absolute Gasteiger partial charge is 0.455 e. The fourth-order valence-corrected chi connectivity index (χ4v) is 10.3. The van der Waals surface area contributed by atoms with Crippen LogP contribution in [-0.4, -0.2) is 0 Å². The van der Waals surface area contributed by atoms with E-state index in [9.17, 15) is 0 Å². The van der Waals surface area contributed by atoms with E-state index in [-0.39, 0.29) is 0 Å². The predicted octanol–water partition coefficient (Wildman–Crippen LogP) is 17.9. The second-order valence-electron chi connectivity index (χ2n) is 17.5. The van der Waals surface area contributed by atoms with Crippen molar-refractivity contribution in [3.05, 3.63) is 204 Å². The first kappa shape index (κ1) is 37.3. The van der Waals surface area contributed by atoms with Gasteiger partial charge in [-0.1, -0.05) is 133 Å². The van der Waals surface area contributed by atoms with Gasteiger partial charge in [-0.3, -0.25) is 0 Å². The van der Waals surface area contributed by atoms with E-state index in [4.69, 9.17) is 13.3 Å². The van der Waals surface area contributed by atoms with E-state index in [0.717, 1.165) is 133 Å². The number of hydrogen-bond donors (Lipinski definition) is 0. The van der Waals surface area contributed by atoms with Gasteiger partial charge in [0.05, 0.1) is 22.7 Å². The fraction of sp³-hybridized carbons (Fsp3) is 0.0667. The van der Waals surface area contributed by atoms with Gasteiger partial charge in [0.25, 0.3) is 0 Å². The highest BCUT2D eigenvalue weighted by molar-refractivity contribution is 6.26. The molecule has 0 radical (unpaired) electrons. The Morgan fingerprint density at radius 3 is 1.08 bits per heavy atom. The molecule has 0 amide bonds. The first-order valence-corrected chi connectivity index (χ1v) is 22.2. The molecule has 65 heavy (non-hydrogen) atoms. The second kappa shape index (κ2) is 14.1. The highest BCUT2D eigenvalue weighted by Crippen LogP contribution is 2.52. The molecule has 0 bridgehead atoms. The van der Waals surface area contributed by atoms with Crippen LogP contribution in [0.15, 0.2) is 195 Å². The number of anilines is 6. The third-order valence-electron chi connectivity index (χ3n) is 13.4. The smallest absolute Gasteiger partial charge is 0.159 e. The molecule has 5 nitrogen and oxygen atoms in total. The van der Waals surface area contributed by atoms with E-state index in [1.165, 1.54) is 11.1 Å². The summed E-state index contributed by atoms with van der Waals surface area (Å²) < 4.78 is 20.8. The minimum atomic E-state index is 0.841. The van der Waals surface area contributed by atoms with Crippen molar-refractivity contribution in [2.45, 2.75) is 27.7 Å². The molecule has 5 heteroatoms. The zero-order valence-electron chi connectivity index (χ0n) is 36.4. The average molecular weight is 839 g/mol. The van der Waals surface area contributed by atoms with Crippen molar-refractivity contribution in [2.75, 3.05) is 9.80 Å². The molecule has 0 aliphatic heterocycles. The van der Waals surface area contributed by atoms with Gasteiger partial charge in [-0.2, -0.15) is 0 Å². The van der Waals surface area contributed by atoms with Crippen LogP contribution in [0.2, 0.25) is 0 Å². The third kappa shape index (κ3) is 5.58. The number of nitrogens with zero attached hydrogens (tertiary/aromatic N) is 2. The van der Waals surface area contributed by atoms with Crippen LogP contribution < -0.4 is 9.80 Å². The lowest BCUT2D eigenvalue weighted by Gasteiger charge is -2.29. The average Bonchev–Trinajstić information content (AvgIpc) is 4.04. The minimum absolute atomic E-state index is 0.841. The Labute approximate surface area is 374 Å².